The number of hydrogen-bond donors (Lipinski definition) is 2. The van der Waals surface area contributed by atoms with Crippen molar-refractivity contribution in [2.45, 2.75) is 38.8 Å². The molecule has 5 heteroatoms. The number of methoxy groups -OCH3 is 1. The van der Waals surface area contributed by atoms with Gasteiger partial charge in [0.1, 0.15) is 6.10 Å². The summed E-state index contributed by atoms with van der Waals surface area (Å²) >= 11 is 0. The van der Waals surface area contributed by atoms with Crippen LogP contribution in [0.15, 0.2) is 0 Å². The second-order valence-corrected chi connectivity index (χ2v) is 4.81. The minimum Gasteiger partial charge on any atom is -0.370 e. The standard InChI is InChI=1S/C13H29N3O2/c1-6-10(7-2)11(16(3)4)9-15-13(17)12(8-14)18-5/h10-12H,6-9,14H2,1-5H3,(H,15,17). The Bertz CT molecular complexity index is 226. The van der Waals surface area contributed by atoms with Crippen LogP contribution in [0.3, 0.4) is 0 Å². The lowest BCUT2D eigenvalue weighted by molar-refractivity contribution is -0.130. The van der Waals surface area contributed by atoms with Crippen molar-refractivity contribution in [3.63, 3.8) is 0 Å². The summed E-state index contributed by atoms with van der Waals surface area (Å²) in [5.41, 5.74) is 5.47. The van der Waals surface area contributed by atoms with E-state index in [1.54, 1.807) is 0 Å². The summed E-state index contributed by atoms with van der Waals surface area (Å²) in [4.78, 5) is 14.0. The summed E-state index contributed by atoms with van der Waals surface area (Å²) in [7, 11) is 5.60. The second-order valence-electron chi connectivity index (χ2n) is 4.81. The Morgan fingerprint density at radius 3 is 2.22 bits per heavy atom. The van der Waals surface area contributed by atoms with Gasteiger partial charge in [0, 0.05) is 26.2 Å². The summed E-state index contributed by atoms with van der Waals surface area (Å²) < 4.78 is 5.02. The molecule has 0 radical (unpaired) electrons. The summed E-state index contributed by atoms with van der Waals surface area (Å²) in [6.45, 7) is 5.21. The predicted octanol–water partition coefficient (Wildman–Crippen LogP) is 0.443. The number of carbonyl (C=O) groups excluding carboxylic acids is 1. The minimum absolute atomic E-state index is 0.127. The number of nitrogens with two attached hydrogens (primary N) is 1. The first-order chi connectivity index (χ1) is 8.51. The highest BCUT2D eigenvalue weighted by Crippen LogP contribution is 2.16. The average molecular weight is 259 g/mol. The molecule has 18 heavy (non-hydrogen) atoms. The SMILES string of the molecule is CCC(CC)C(CNC(=O)C(CN)OC)N(C)C. The Labute approximate surface area is 111 Å². The van der Waals surface area contributed by atoms with Crippen molar-refractivity contribution in [3.05, 3.63) is 0 Å². The minimum atomic E-state index is -0.547. The Balaban J connectivity index is 4.39. The Morgan fingerprint density at radius 2 is 1.89 bits per heavy atom. The van der Waals surface area contributed by atoms with E-state index in [1.165, 1.54) is 7.11 Å². The fraction of sp³-hybridized carbons (Fsp3) is 0.923. The Hall–Kier alpha value is -0.650. The molecular weight excluding hydrogens is 230 g/mol. The highest BCUT2D eigenvalue weighted by Gasteiger charge is 2.23. The number of hydrogen-bond acceptors (Lipinski definition) is 4. The lowest BCUT2D eigenvalue weighted by atomic mass is 9.93. The van der Waals surface area contributed by atoms with Gasteiger partial charge in [0.2, 0.25) is 5.91 Å². The van der Waals surface area contributed by atoms with E-state index >= 15 is 0 Å². The number of rotatable bonds is 9. The van der Waals surface area contributed by atoms with E-state index in [4.69, 9.17) is 10.5 Å². The molecule has 0 rings (SSSR count). The van der Waals surface area contributed by atoms with Gasteiger partial charge < -0.3 is 20.7 Å². The molecular formula is C13H29N3O2. The first-order valence-corrected chi connectivity index (χ1v) is 6.68. The first-order valence-electron chi connectivity index (χ1n) is 6.68. The summed E-state index contributed by atoms with van der Waals surface area (Å²) in [6, 6.07) is 0.347. The highest BCUT2D eigenvalue weighted by atomic mass is 16.5. The van der Waals surface area contributed by atoms with Crippen molar-refractivity contribution in [2.75, 3.05) is 34.3 Å². The summed E-state index contributed by atoms with van der Waals surface area (Å²) in [5.74, 6) is 0.456. The molecule has 0 aromatic carbocycles. The summed E-state index contributed by atoms with van der Waals surface area (Å²) in [6.07, 6.45) is 1.68. The van der Waals surface area contributed by atoms with Gasteiger partial charge >= 0.3 is 0 Å². The van der Waals surface area contributed by atoms with Gasteiger partial charge in [0.15, 0.2) is 0 Å². The van der Waals surface area contributed by atoms with Crippen LogP contribution in [0.4, 0.5) is 0 Å². The van der Waals surface area contributed by atoms with E-state index in [0.29, 0.717) is 18.5 Å². The van der Waals surface area contributed by atoms with Crippen LogP contribution in [0.1, 0.15) is 26.7 Å². The van der Waals surface area contributed by atoms with Gasteiger partial charge in [-0.2, -0.15) is 0 Å². The zero-order valence-corrected chi connectivity index (χ0v) is 12.4. The van der Waals surface area contributed by atoms with Crippen molar-refractivity contribution in [3.8, 4) is 0 Å². The topological polar surface area (TPSA) is 67.6 Å². The number of likely N-dealkylation sites (N-methyl/N-ethyl adjacent to an activating group) is 1. The molecule has 0 aliphatic carbocycles. The molecule has 0 aliphatic heterocycles. The van der Waals surface area contributed by atoms with Crippen molar-refractivity contribution in [2.24, 2.45) is 11.7 Å². The lowest BCUT2D eigenvalue weighted by Gasteiger charge is -2.31. The van der Waals surface area contributed by atoms with Gasteiger partial charge in [0.05, 0.1) is 0 Å². The largest absolute Gasteiger partial charge is 0.370 e. The Kier molecular flexibility index (Phi) is 8.97. The highest BCUT2D eigenvalue weighted by molar-refractivity contribution is 5.81. The Morgan fingerprint density at radius 1 is 1.33 bits per heavy atom. The number of amides is 1. The molecule has 108 valence electrons. The van der Waals surface area contributed by atoms with Crippen LogP contribution in [-0.4, -0.2) is 57.2 Å². The van der Waals surface area contributed by atoms with Crippen LogP contribution in [0.2, 0.25) is 0 Å². The molecule has 0 heterocycles. The molecule has 1 amide bonds. The zero-order chi connectivity index (χ0) is 14.1. The molecule has 0 aliphatic rings. The normalized spacial score (nSPS) is 14.9. The van der Waals surface area contributed by atoms with Gasteiger partial charge in [-0.3, -0.25) is 4.79 Å². The van der Waals surface area contributed by atoms with Gasteiger partial charge in [-0.1, -0.05) is 26.7 Å². The van der Waals surface area contributed by atoms with Crippen LogP contribution in [0, 0.1) is 5.92 Å². The van der Waals surface area contributed by atoms with Crippen LogP contribution in [0.5, 0.6) is 0 Å². The number of nitrogens with one attached hydrogen (secondary N) is 1. The van der Waals surface area contributed by atoms with Crippen LogP contribution >= 0.6 is 0 Å². The van der Waals surface area contributed by atoms with Gasteiger partial charge in [-0.25, -0.2) is 0 Å². The molecule has 0 saturated heterocycles. The van der Waals surface area contributed by atoms with Crippen molar-refractivity contribution in [1.82, 2.24) is 10.2 Å². The van der Waals surface area contributed by atoms with E-state index in [-0.39, 0.29) is 12.5 Å². The molecule has 0 bridgehead atoms. The van der Waals surface area contributed by atoms with Crippen LogP contribution < -0.4 is 11.1 Å². The quantitative estimate of drug-likeness (QED) is 0.630. The predicted molar refractivity (Wildman–Crippen MR) is 74.4 cm³/mol. The van der Waals surface area contributed by atoms with Gasteiger partial charge in [-0.15, -0.1) is 0 Å². The molecule has 2 atom stereocenters. The van der Waals surface area contributed by atoms with Crippen molar-refractivity contribution >= 4 is 5.91 Å². The molecule has 5 nitrogen and oxygen atoms in total. The number of ether oxygens (including phenoxy) is 1. The van der Waals surface area contributed by atoms with E-state index in [1.807, 2.05) is 14.1 Å². The van der Waals surface area contributed by atoms with Crippen LogP contribution in [-0.2, 0) is 9.53 Å². The summed E-state index contributed by atoms with van der Waals surface area (Å²) in [5, 5.41) is 2.93. The maximum atomic E-state index is 11.8. The van der Waals surface area contributed by atoms with E-state index in [0.717, 1.165) is 12.8 Å². The molecule has 0 aromatic rings. The zero-order valence-electron chi connectivity index (χ0n) is 12.4. The third-order valence-electron chi connectivity index (χ3n) is 3.53. The molecule has 3 N–H and O–H groups in total. The van der Waals surface area contributed by atoms with E-state index in [9.17, 15) is 4.79 Å². The van der Waals surface area contributed by atoms with Crippen molar-refractivity contribution in [1.29, 1.82) is 0 Å². The second kappa shape index (κ2) is 9.30. The van der Waals surface area contributed by atoms with Gasteiger partial charge in [-0.05, 0) is 20.0 Å². The van der Waals surface area contributed by atoms with Gasteiger partial charge in [0.25, 0.3) is 0 Å². The molecule has 2 unspecified atom stereocenters. The van der Waals surface area contributed by atoms with E-state index < -0.39 is 6.10 Å². The number of nitrogens with zero attached hydrogens (tertiary/aromatic N) is 1. The number of carbonyl (C=O) groups is 1. The molecule has 0 aromatic heterocycles. The molecule has 0 spiro atoms. The maximum absolute atomic E-state index is 11.8. The third kappa shape index (κ3) is 5.33. The third-order valence-corrected chi connectivity index (χ3v) is 3.53. The first kappa shape index (κ1) is 17.4. The smallest absolute Gasteiger partial charge is 0.250 e. The lowest BCUT2D eigenvalue weighted by Crippen LogP contribution is -2.48. The molecule has 0 fully saturated rings. The monoisotopic (exact) mass is 259 g/mol. The fourth-order valence-electron chi connectivity index (χ4n) is 2.23. The van der Waals surface area contributed by atoms with E-state index in [2.05, 4.69) is 24.1 Å². The fourth-order valence-corrected chi connectivity index (χ4v) is 2.23. The molecule has 0 saturated carbocycles. The van der Waals surface area contributed by atoms with Crippen molar-refractivity contribution < 1.29 is 9.53 Å². The van der Waals surface area contributed by atoms with Crippen LogP contribution in [0.25, 0.3) is 0 Å². The maximum Gasteiger partial charge on any atom is 0.250 e. The average Bonchev–Trinajstić information content (AvgIpc) is 2.35.